The molecule has 3 rings (SSSR count). The smallest absolute Gasteiger partial charge is 0.330 e. The van der Waals surface area contributed by atoms with Crippen molar-refractivity contribution >= 4 is 31.8 Å². The van der Waals surface area contributed by atoms with Crippen molar-refractivity contribution in [2.24, 2.45) is 0 Å². The second-order valence-corrected chi connectivity index (χ2v) is 12.5. The SMILES string of the molecule is C=CS(=O)(=O)NC[C@H]1CCCN1S(=O)(=O)c1ccc(N(Cc2ccc(C(F)(F)F)cc2)C(=O)N(C)C)cc1. The Kier molecular flexibility index (Phi) is 8.91. The Morgan fingerprint density at radius 3 is 2.21 bits per heavy atom. The zero-order valence-corrected chi connectivity index (χ0v) is 22.5. The Hall–Kier alpha value is -2.94. The summed E-state index contributed by atoms with van der Waals surface area (Å²) in [5.74, 6) is 0. The first kappa shape index (κ1) is 29.6. The number of halogens is 3. The maximum absolute atomic E-state index is 13.3. The van der Waals surface area contributed by atoms with Crippen LogP contribution in [0, 0.1) is 0 Å². The molecule has 14 heteroatoms. The number of nitrogens with one attached hydrogen (secondary N) is 1. The van der Waals surface area contributed by atoms with E-state index in [9.17, 15) is 34.8 Å². The number of anilines is 1. The summed E-state index contributed by atoms with van der Waals surface area (Å²) in [6.07, 6.45) is -3.44. The van der Waals surface area contributed by atoms with Gasteiger partial charge in [-0.1, -0.05) is 18.7 Å². The predicted octanol–water partition coefficient (Wildman–Crippen LogP) is 3.61. The van der Waals surface area contributed by atoms with E-state index in [2.05, 4.69) is 11.3 Å². The fourth-order valence-electron chi connectivity index (χ4n) is 4.03. The number of urea groups is 1. The van der Waals surface area contributed by atoms with E-state index in [0.717, 1.165) is 17.5 Å². The highest BCUT2D eigenvalue weighted by molar-refractivity contribution is 7.92. The third kappa shape index (κ3) is 6.92. The van der Waals surface area contributed by atoms with Gasteiger partial charge < -0.3 is 4.90 Å². The van der Waals surface area contributed by atoms with Crippen molar-refractivity contribution < 1.29 is 34.8 Å². The summed E-state index contributed by atoms with van der Waals surface area (Å²) in [6, 6.07) is 9.00. The van der Waals surface area contributed by atoms with E-state index in [-0.39, 0.29) is 24.5 Å². The van der Waals surface area contributed by atoms with Gasteiger partial charge in [0, 0.05) is 44.3 Å². The molecule has 1 heterocycles. The standard InChI is InChI=1S/C24H29F3N4O5S2/c1-4-37(33,34)28-16-21-6-5-15-31(21)38(35,36)22-13-11-20(12-14-22)30(23(32)29(2)3)17-18-7-9-19(10-8-18)24(25,26)27/h4,7-14,21,28H,1,5-6,15-17H2,2-3H3/t21-/m1/s1. The monoisotopic (exact) mass is 574 g/mol. The summed E-state index contributed by atoms with van der Waals surface area (Å²) in [6.45, 7) is 3.31. The molecule has 1 fully saturated rings. The average molecular weight is 575 g/mol. The molecule has 38 heavy (non-hydrogen) atoms. The van der Waals surface area contributed by atoms with Crippen molar-refractivity contribution in [3.05, 3.63) is 71.6 Å². The summed E-state index contributed by atoms with van der Waals surface area (Å²) in [5, 5.41) is 0.755. The highest BCUT2D eigenvalue weighted by Crippen LogP contribution is 2.30. The van der Waals surface area contributed by atoms with Gasteiger partial charge in [0.15, 0.2) is 0 Å². The van der Waals surface area contributed by atoms with Crippen LogP contribution in [0.15, 0.2) is 65.4 Å². The molecule has 0 saturated carbocycles. The second-order valence-electron chi connectivity index (χ2n) is 8.92. The molecule has 2 amide bonds. The predicted molar refractivity (Wildman–Crippen MR) is 137 cm³/mol. The van der Waals surface area contributed by atoms with Crippen LogP contribution >= 0.6 is 0 Å². The Morgan fingerprint density at radius 2 is 1.68 bits per heavy atom. The van der Waals surface area contributed by atoms with E-state index in [4.69, 9.17) is 0 Å². The average Bonchev–Trinajstić information content (AvgIpc) is 3.35. The lowest BCUT2D eigenvalue weighted by molar-refractivity contribution is -0.137. The summed E-state index contributed by atoms with van der Waals surface area (Å²) in [5.41, 5.74) is -0.00940. The van der Waals surface area contributed by atoms with E-state index in [0.29, 0.717) is 24.1 Å². The van der Waals surface area contributed by atoms with E-state index >= 15 is 0 Å². The fourth-order valence-corrected chi connectivity index (χ4v) is 6.26. The number of nitrogens with zero attached hydrogens (tertiary/aromatic N) is 3. The Balaban J connectivity index is 1.83. The Labute approximate surface area is 220 Å². The Bertz CT molecular complexity index is 1360. The van der Waals surface area contributed by atoms with E-state index in [1.807, 2.05) is 0 Å². The van der Waals surface area contributed by atoms with Crippen LogP contribution in [0.25, 0.3) is 0 Å². The van der Waals surface area contributed by atoms with Gasteiger partial charge in [0.2, 0.25) is 20.0 Å². The first-order chi connectivity index (χ1) is 17.7. The molecule has 1 N–H and O–H groups in total. The number of alkyl halides is 3. The zero-order chi connectivity index (χ0) is 28.3. The highest BCUT2D eigenvalue weighted by Gasteiger charge is 2.36. The zero-order valence-electron chi connectivity index (χ0n) is 20.8. The van der Waals surface area contributed by atoms with E-state index < -0.39 is 43.9 Å². The normalized spacial score (nSPS) is 16.8. The molecule has 0 aliphatic carbocycles. The number of benzene rings is 2. The molecule has 1 aliphatic rings. The van der Waals surface area contributed by atoms with Gasteiger partial charge in [-0.15, -0.1) is 0 Å². The summed E-state index contributed by atoms with van der Waals surface area (Å²) in [7, 11) is -4.63. The largest absolute Gasteiger partial charge is 0.416 e. The van der Waals surface area contributed by atoms with Crippen LogP contribution in [0.5, 0.6) is 0 Å². The first-order valence-electron chi connectivity index (χ1n) is 11.5. The van der Waals surface area contributed by atoms with Gasteiger partial charge >= 0.3 is 12.2 Å². The maximum Gasteiger partial charge on any atom is 0.416 e. The van der Waals surface area contributed by atoms with Crippen LogP contribution < -0.4 is 9.62 Å². The van der Waals surface area contributed by atoms with Gasteiger partial charge in [-0.3, -0.25) is 4.90 Å². The van der Waals surface area contributed by atoms with Crippen molar-refractivity contribution in [2.75, 3.05) is 32.1 Å². The summed E-state index contributed by atoms with van der Waals surface area (Å²) >= 11 is 0. The molecule has 2 aromatic carbocycles. The van der Waals surface area contributed by atoms with E-state index in [1.54, 1.807) is 0 Å². The number of hydrogen-bond donors (Lipinski definition) is 1. The molecular formula is C24H29F3N4O5S2. The van der Waals surface area contributed by atoms with Crippen LogP contribution in [0.1, 0.15) is 24.0 Å². The third-order valence-corrected chi connectivity index (χ3v) is 9.03. The van der Waals surface area contributed by atoms with Crippen LogP contribution in [-0.4, -0.2) is 65.3 Å². The first-order valence-corrected chi connectivity index (χ1v) is 14.5. The molecular weight excluding hydrogens is 545 g/mol. The molecule has 0 spiro atoms. The Morgan fingerprint density at radius 1 is 1.08 bits per heavy atom. The lowest BCUT2D eigenvalue weighted by Gasteiger charge is -2.27. The topological polar surface area (TPSA) is 107 Å². The molecule has 1 atom stereocenters. The molecule has 0 bridgehead atoms. The lowest BCUT2D eigenvalue weighted by Crippen LogP contribution is -2.42. The van der Waals surface area contributed by atoms with Crippen molar-refractivity contribution in [1.29, 1.82) is 0 Å². The van der Waals surface area contributed by atoms with Crippen LogP contribution in [0.3, 0.4) is 0 Å². The van der Waals surface area contributed by atoms with Crippen LogP contribution in [0.4, 0.5) is 23.7 Å². The minimum absolute atomic E-state index is 0.0356. The molecule has 1 aliphatic heterocycles. The van der Waals surface area contributed by atoms with Crippen molar-refractivity contribution in [1.82, 2.24) is 13.9 Å². The van der Waals surface area contributed by atoms with Gasteiger partial charge in [-0.05, 0) is 54.8 Å². The molecule has 2 aromatic rings. The van der Waals surface area contributed by atoms with Crippen molar-refractivity contribution in [2.45, 2.75) is 36.5 Å². The van der Waals surface area contributed by atoms with Crippen molar-refractivity contribution in [3.63, 3.8) is 0 Å². The van der Waals surface area contributed by atoms with Crippen LogP contribution in [0.2, 0.25) is 0 Å². The number of carbonyl (C=O) groups excluding carboxylic acids is 1. The lowest BCUT2D eigenvalue weighted by atomic mass is 10.1. The van der Waals surface area contributed by atoms with Gasteiger partial charge in [0.25, 0.3) is 0 Å². The molecule has 0 radical (unpaired) electrons. The van der Waals surface area contributed by atoms with E-state index in [1.165, 1.54) is 64.6 Å². The molecule has 0 aromatic heterocycles. The van der Waals surface area contributed by atoms with Crippen LogP contribution in [-0.2, 0) is 32.8 Å². The third-order valence-electron chi connectivity index (χ3n) is 6.05. The summed E-state index contributed by atoms with van der Waals surface area (Å²) in [4.78, 5) is 15.5. The number of sulfonamides is 2. The molecule has 208 valence electrons. The van der Waals surface area contributed by atoms with Gasteiger partial charge in [-0.25, -0.2) is 26.4 Å². The van der Waals surface area contributed by atoms with Gasteiger partial charge in [-0.2, -0.15) is 17.5 Å². The minimum atomic E-state index is -4.48. The number of rotatable bonds is 9. The second kappa shape index (κ2) is 11.4. The number of amides is 2. The fraction of sp³-hybridized carbons (Fsp3) is 0.375. The quantitative estimate of drug-likeness (QED) is 0.493. The summed E-state index contributed by atoms with van der Waals surface area (Å²) < 4.78 is 92.3. The highest BCUT2D eigenvalue weighted by atomic mass is 32.2. The number of carbonyl (C=O) groups is 1. The maximum atomic E-state index is 13.3. The molecule has 0 unspecified atom stereocenters. The minimum Gasteiger partial charge on any atom is -0.330 e. The molecule has 9 nitrogen and oxygen atoms in total. The van der Waals surface area contributed by atoms with Gasteiger partial charge in [0.05, 0.1) is 17.0 Å². The van der Waals surface area contributed by atoms with Crippen molar-refractivity contribution in [3.8, 4) is 0 Å². The van der Waals surface area contributed by atoms with Gasteiger partial charge in [0.1, 0.15) is 0 Å². The molecule has 1 saturated heterocycles. The number of hydrogen-bond acceptors (Lipinski definition) is 5.